The molecule has 0 aromatic rings. The summed E-state index contributed by atoms with van der Waals surface area (Å²) in [6.45, 7) is 5.03. The van der Waals surface area contributed by atoms with Crippen molar-refractivity contribution in [2.45, 2.75) is 6.92 Å². The maximum Gasteiger partial charge on any atom is 0.302 e. The van der Waals surface area contributed by atoms with Crippen LogP contribution in [-0.4, -0.2) is 29.9 Å². The lowest BCUT2D eigenvalue weighted by Crippen LogP contribution is -1.96. The molecule has 0 N–H and O–H groups in total. The number of rotatable bonds is 2. The van der Waals surface area contributed by atoms with Gasteiger partial charge >= 0.3 is 5.97 Å². The molecule has 0 atom stereocenters. The molecule has 0 aliphatic carbocycles. The van der Waals surface area contributed by atoms with Crippen molar-refractivity contribution in [3.8, 4) is 0 Å². The van der Waals surface area contributed by atoms with Gasteiger partial charge in [0.15, 0.2) is 17.4 Å². The summed E-state index contributed by atoms with van der Waals surface area (Å²) in [7, 11) is 0. The Morgan fingerprint density at radius 2 is 2.38 bits per heavy atom. The molecule has 0 saturated carbocycles. The molecular formula is C5H11AlO2. The third-order valence-corrected chi connectivity index (χ3v) is 0.404. The molecule has 2 nitrogen and oxygen atoms in total. The fourth-order valence-corrected chi connectivity index (χ4v) is 0.176. The Kier molecular flexibility index (Phi) is 9.00. The second-order valence-electron chi connectivity index (χ2n) is 1.09. The standard InChI is InChI=1S/C5H8O2.Al.3H/c1-3-4-7-5(2)6;;;;/h3H,1,4H2,2H3;;;;. The Morgan fingerprint density at radius 3 is 2.50 bits per heavy atom. The zero-order chi connectivity index (χ0) is 5.70. The van der Waals surface area contributed by atoms with Crippen LogP contribution in [0.15, 0.2) is 12.7 Å². The van der Waals surface area contributed by atoms with Gasteiger partial charge in [-0.25, -0.2) is 0 Å². The smallest absolute Gasteiger partial charge is 0.302 e. The third kappa shape index (κ3) is 9.22. The molecule has 3 heteroatoms. The summed E-state index contributed by atoms with van der Waals surface area (Å²) in [4.78, 5) is 9.93. The first kappa shape index (κ1) is 10.7. The highest BCUT2D eigenvalue weighted by Crippen LogP contribution is 1.73. The Hall–Kier alpha value is -0.258. The molecule has 0 bridgehead atoms. The van der Waals surface area contributed by atoms with Gasteiger partial charge in [0.05, 0.1) is 0 Å². The highest BCUT2D eigenvalue weighted by atomic mass is 27.0. The van der Waals surface area contributed by atoms with Crippen LogP contribution in [0.5, 0.6) is 0 Å². The molecular weight excluding hydrogens is 119 g/mol. The second-order valence-corrected chi connectivity index (χ2v) is 1.09. The van der Waals surface area contributed by atoms with Gasteiger partial charge in [-0.15, -0.1) is 0 Å². The van der Waals surface area contributed by atoms with Crippen molar-refractivity contribution in [3.63, 3.8) is 0 Å². The van der Waals surface area contributed by atoms with Crippen LogP contribution in [0.2, 0.25) is 0 Å². The van der Waals surface area contributed by atoms with Crippen molar-refractivity contribution >= 4 is 23.3 Å². The molecule has 0 radical (unpaired) electrons. The van der Waals surface area contributed by atoms with Gasteiger partial charge < -0.3 is 4.74 Å². The van der Waals surface area contributed by atoms with E-state index in [0.717, 1.165) is 0 Å². The van der Waals surface area contributed by atoms with Crippen molar-refractivity contribution in [1.29, 1.82) is 0 Å². The van der Waals surface area contributed by atoms with E-state index in [1.165, 1.54) is 13.0 Å². The van der Waals surface area contributed by atoms with Crippen molar-refractivity contribution in [3.05, 3.63) is 12.7 Å². The van der Waals surface area contributed by atoms with Gasteiger partial charge in [0, 0.05) is 6.92 Å². The van der Waals surface area contributed by atoms with Crippen LogP contribution in [0, 0.1) is 0 Å². The van der Waals surface area contributed by atoms with E-state index in [0.29, 0.717) is 6.61 Å². The first-order chi connectivity index (χ1) is 3.27. The second kappa shape index (κ2) is 6.74. The molecule has 0 rings (SSSR count). The summed E-state index contributed by atoms with van der Waals surface area (Å²) >= 11 is 0. The van der Waals surface area contributed by atoms with Crippen LogP contribution in [0.1, 0.15) is 6.92 Å². The number of carbonyl (C=O) groups excluding carboxylic acids is 1. The minimum Gasteiger partial charge on any atom is -0.462 e. The summed E-state index contributed by atoms with van der Waals surface area (Å²) < 4.78 is 4.43. The van der Waals surface area contributed by atoms with Gasteiger partial charge in [-0.2, -0.15) is 0 Å². The number of hydrogen-bond acceptors (Lipinski definition) is 2. The van der Waals surface area contributed by atoms with E-state index in [1.54, 1.807) is 0 Å². The van der Waals surface area contributed by atoms with E-state index in [2.05, 4.69) is 11.3 Å². The topological polar surface area (TPSA) is 26.3 Å². The first-order valence-corrected chi connectivity index (χ1v) is 2.01. The molecule has 0 unspecified atom stereocenters. The number of hydrogen-bond donors (Lipinski definition) is 0. The van der Waals surface area contributed by atoms with E-state index in [4.69, 9.17) is 0 Å². The Labute approximate surface area is 59.7 Å². The van der Waals surface area contributed by atoms with Gasteiger partial charge in [0.2, 0.25) is 0 Å². The SMILES string of the molecule is C=CCOC(C)=O.[AlH3]. The molecule has 0 aromatic carbocycles. The van der Waals surface area contributed by atoms with E-state index < -0.39 is 0 Å². The van der Waals surface area contributed by atoms with Crippen molar-refractivity contribution in [1.82, 2.24) is 0 Å². The van der Waals surface area contributed by atoms with E-state index in [-0.39, 0.29) is 23.3 Å². The number of ether oxygens (including phenoxy) is 1. The van der Waals surface area contributed by atoms with Gasteiger partial charge in [0.25, 0.3) is 0 Å². The summed E-state index contributed by atoms with van der Waals surface area (Å²) in [5, 5.41) is 0. The Morgan fingerprint density at radius 1 is 1.88 bits per heavy atom. The molecule has 8 heavy (non-hydrogen) atoms. The summed E-state index contributed by atoms with van der Waals surface area (Å²) in [6.07, 6.45) is 1.53. The Bertz CT molecular complexity index is 80.5. The minimum absolute atomic E-state index is 0. The van der Waals surface area contributed by atoms with Gasteiger partial charge in [-0.05, 0) is 0 Å². The van der Waals surface area contributed by atoms with Gasteiger partial charge in [0.1, 0.15) is 6.61 Å². The molecule has 0 aliphatic heterocycles. The monoisotopic (exact) mass is 130 g/mol. The average molecular weight is 130 g/mol. The third-order valence-electron chi connectivity index (χ3n) is 0.404. The maximum absolute atomic E-state index is 9.93. The molecule has 0 aliphatic rings. The summed E-state index contributed by atoms with van der Waals surface area (Å²) in [6, 6.07) is 0. The fourth-order valence-electron chi connectivity index (χ4n) is 0.176. The lowest BCUT2D eigenvalue weighted by atomic mass is 10.7. The predicted octanol–water partition coefficient (Wildman–Crippen LogP) is -0.448. The highest BCUT2D eigenvalue weighted by Gasteiger charge is 1.83. The van der Waals surface area contributed by atoms with Crippen molar-refractivity contribution in [2.75, 3.05) is 6.61 Å². The average Bonchev–Trinajstić information content (AvgIpc) is 1.61. The highest BCUT2D eigenvalue weighted by molar-refractivity contribution is 5.75. The quantitative estimate of drug-likeness (QED) is 0.287. The number of esters is 1. The molecule has 0 saturated heterocycles. The largest absolute Gasteiger partial charge is 0.462 e. The zero-order valence-electron chi connectivity index (χ0n) is 4.31. The molecule has 0 amide bonds. The van der Waals surface area contributed by atoms with Crippen molar-refractivity contribution in [2.24, 2.45) is 0 Å². The minimum atomic E-state index is -0.264. The maximum atomic E-state index is 9.93. The normalized spacial score (nSPS) is 6.62. The lowest BCUT2D eigenvalue weighted by Gasteiger charge is -1.90. The first-order valence-electron chi connectivity index (χ1n) is 2.01. The Balaban J connectivity index is 0. The number of carbonyl (C=O) groups is 1. The molecule has 0 heterocycles. The predicted molar refractivity (Wildman–Crippen MR) is 36.8 cm³/mol. The van der Waals surface area contributed by atoms with Crippen molar-refractivity contribution < 1.29 is 9.53 Å². The van der Waals surface area contributed by atoms with Crippen LogP contribution in [-0.2, 0) is 9.53 Å². The van der Waals surface area contributed by atoms with Crippen LogP contribution < -0.4 is 0 Å². The molecule has 0 fully saturated rings. The molecule has 0 spiro atoms. The summed E-state index contributed by atoms with van der Waals surface area (Å²) in [5.41, 5.74) is 0. The van der Waals surface area contributed by atoms with E-state index in [1.807, 2.05) is 0 Å². The van der Waals surface area contributed by atoms with Gasteiger partial charge in [-0.1, -0.05) is 12.7 Å². The lowest BCUT2D eigenvalue weighted by molar-refractivity contribution is -0.139. The fraction of sp³-hybridized carbons (Fsp3) is 0.400. The van der Waals surface area contributed by atoms with Crippen LogP contribution in [0.25, 0.3) is 0 Å². The van der Waals surface area contributed by atoms with Crippen LogP contribution in [0.4, 0.5) is 0 Å². The van der Waals surface area contributed by atoms with Crippen LogP contribution >= 0.6 is 0 Å². The summed E-state index contributed by atoms with van der Waals surface area (Å²) in [5.74, 6) is -0.264. The van der Waals surface area contributed by atoms with E-state index >= 15 is 0 Å². The van der Waals surface area contributed by atoms with Crippen LogP contribution in [0.3, 0.4) is 0 Å². The molecule has 0 aromatic heterocycles. The molecule has 46 valence electrons. The van der Waals surface area contributed by atoms with Gasteiger partial charge in [-0.3, -0.25) is 4.79 Å². The zero-order valence-corrected chi connectivity index (χ0v) is 4.31. The van der Waals surface area contributed by atoms with E-state index in [9.17, 15) is 4.79 Å².